The summed E-state index contributed by atoms with van der Waals surface area (Å²) in [6, 6.07) is -0.0230. The highest BCUT2D eigenvalue weighted by Crippen LogP contribution is 2.39. The first-order valence-corrected chi connectivity index (χ1v) is 7.06. The largest absolute Gasteiger partial charge is 0.418 e. The van der Waals surface area contributed by atoms with Crippen molar-refractivity contribution >= 4 is 23.0 Å². The van der Waals surface area contributed by atoms with Crippen molar-refractivity contribution in [2.75, 3.05) is 0 Å². The number of pyridine rings is 1. The van der Waals surface area contributed by atoms with Crippen molar-refractivity contribution in [3.63, 3.8) is 0 Å². The normalized spacial score (nSPS) is 12.1. The van der Waals surface area contributed by atoms with Crippen LogP contribution in [0.2, 0.25) is 5.02 Å². The van der Waals surface area contributed by atoms with Crippen molar-refractivity contribution in [2.24, 2.45) is 0 Å². The third-order valence-corrected chi connectivity index (χ3v) is 3.62. The lowest BCUT2D eigenvalue weighted by Gasteiger charge is -2.14. The molecule has 0 aliphatic carbocycles. The van der Waals surface area contributed by atoms with Crippen LogP contribution in [-0.4, -0.2) is 14.4 Å². The minimum absolute atomic E-state index is 0.0309. The molecule has 0 N–H and O–H groups in total. The molecule has 0 atom stereocenters. The predicted octanol–water partition coefficient (Wildman–Crippen LogP) is 4.34. The van der Waals surface area contributed by atoms with Crippen molar-refractivity contribution in [1.82, 2.24) is 4.57 Å². The number of nitrogens with zero attached hydrogens (tertiary/aromatic N) is 3. The summed E-state index contributed by atoms with van der Waals surface area (Å²) in [5, 5.41) is 20.9. The molecule has 0 saturated heterocycles. The Bertz CT molecular complexity index is 1050. The van der Waals surface area contributed by atoms with E-state index >= 15 is 0 Å². The van der Waals surface area contributed by atoms with Gasteiger partial charge >= 0.3 is 23.6 Å². The highest BCUT2D eigenvalue weighted by atomic mass is 35.5. The molecule has 0 aliphatic heterocycles. The highest BCUT2D eigenvalue weighted by molar-refractivity contribution is 6.33. The number of rotatable bonds is 3. The molecule has 0 saturated carbocycles. The summed E-state index contributed by atoms with van der Waals surface area (Å²) < 4.78 is 77.3. The lowest BCUT2D eigenvalue weighted by molar-refractivity contribution is -0.387. The van der Waals surface area contributed by atoms with Crippen LogP contribution in [0.15, 0.2) is 29.2 Å². The molecular formula is C13H4ClF6N3O5. The number of hydrogen-bond donors (Lipinski definition) is 0. The van der Waals surface area contributed by atoms with E-state index in [1.54, 1.807) is 0 Å². The second-order valence-electron chi connectivity index (χ2n) is 5.12. The van der Waals surface area contributed by atoms with Gasteiger partial charge in [0.05, 0.1) is 26.0 Å². The quantitative estimate of drug-likeness (QED) is 0.408. The topological polar surface area (TPSA) is 108 Å². The van der Waals surface area contributed by atoms with Crippen molar-refractivity contribution in [3.8, 4) is 5.69 Å². The second kappa shape index (κ2) is 6.78. The molecule has 0 fully saturated rings. The number of alkyl halides is 6. The zero-order valence-electron chi connectivity index (χ0n) is 12.8. The van der Waals surface area contributed by atoms with E-state index in [1.165, 1.54) is 0 Å². The maximum absolute atomic E-state index is 13.0. The molecule has 28 heavy (non-hydrogen) atoms. The minimum Gasteiger partial charge on any atom is -0.270 e. The second-order valence-corrected chi connectivity index (χ2v) is 5.53. The highest BCUT2D eigenvalue weighted by Gasteiger charge is 2.38. The Morgan fingerprint density at radius 2 is 1.32 bits per heavy atom. The molecule has 2 aromatic rings. The molecule has 15 heteroatoms. The summed E-state index contributed by atoms with van der Waals surface area (Å²) in [7, 11) is 0. The van der Waals surface area contributed by atoms with Gasteiger partial charge in [0.1, 0.15) is 5.69 Å². The van der Waals surface area contributed by atoms with E-state index in [1.807, 2.05) is 0 Å². The van der Waals surface area contributed by atoms with Gasteiger partial charge in [-0.1, -0.05) is 11.6 Å². The Morgan fingerprint density at radius 1 is 0.857 bits per heavy atom. The summed E-state index contributed by atoms with van der Waals surface area (Å²) in [6.45, 7) is 0. The Morgan fingerprint density at radius 3 is 1.75 bits per heavy atom. The summed E-state index contributed by atoms with van der Waals surface area (Å²) in [5.41, 5.74) is -9.39. The maximum atomic E-state index is 13.0. The predicted molar refractivity (Wildman–Crippen MR) is 80.4 cm³/mol. The van der Waals surface area contributed by atoms with Gasteiger partial charge < -0.3 is 0 Å². The van der Waals surface area contributed by atoms with Gasteiger partial charge in [0.2, 0.25) is 0 Å². The molecule has 0 unspecified atom stereocenters. The monoisotopic (exact) mass is 431 g/mol. The summed E-state index contributed by atoms with van der Waals surface area (Å²) >= 11 is 5.57. The first kappa shape index (κ1) is 21.1. The molecule has 0 radical (unpaired) electrons. The lowest BCUT2D eigenvalue weighted by atomic mass is 10.1. The van der Waals surface area contributed by atoms with E-state index in [9.17, 15) is 51.4 Å². The molecule has 0 amide bonds. The molecule has 150 valence electrons. The van der Waals surface area contributed by atoms with Crippen LogP contribution in [0.25, 0.3) is 5.69 Å². The van der Waals surface area contributed by atoms with E-state index in [0.717, 1.165) is 0 Å². The summed E-state index contributed by atoms with van der Waals surface area (Å²) in [6.07, 6.45) is -10.3. The van der Waals surface area contributed by atoms with Gasteiger partial charge in [0.15, 0.2) is 0 Å². The third-order valence-electron chi connectivity index (χ3n) is 3.33. The molecule has 1 aromatic carbocycles. The zero-order chi connectivity index (χ0) is 21.6. The first-order chi connectivity index (χ1) is 12.6. The van der Waals surface area contributed by atoms with Crippen LogP contribution in [0.3, 0.4) is 0 Å². The van der Waals surface area contributed by atoms with Crippen LogP contribution in [0, 0.1) is 20.2 Å². The Hall–Kier alpha value is -3.16. The number of aromatic nitrogens is 1. The standard InChI is InChI=1S/C13H4ClF6N3O5/c14-7-1-5(12(15,16)17)2-8(22(25)26)10(7)21-4-6(13(18,19)20)3-9(11(21)24)23(27)28/h1-4H. The average Bonchev–Trinajstić information content (AvgIpc) is 2.52. The van der Waals surface area contributed by atoms with Gasteiger partial charge in [0.25, 0.3) is 5.69 Å². The fraction of sp³-hybridized carbons (Fsp3) is 0.154. The molecule has 1 heterocycles. The van der Waals surface area contributed by atoms with E-state index in [4.69, 9.17) is 11.6 Å². The molecule has 0 spiro atoms. The first-order valence-electron chi connectivity index (χ1n) is 6.68. The van der Waals surface area contributed by atoms with Crippen LogP contribution >= 0.6 is 11.6 Å². The van der Waals surface area contributed by atoms with E-state index in [-0.39, 0.29) is 29.0 Å². The van der Waals surface area contributed by atoms with E-state index in [2.05, 4.69) is 0 Å². The van der Waals surface area contributed by atoms with E-state index in [0.29, 0.717) is 0 Å². The molecule has 1 aromatic heterocycles. The van der Waals surface area contributed by atoms with Gasteiger partial charge in [-0.2, -0.15) is 26.3 Å². The number of nitro benzene ring substituents is 1. The van der Waals surface area contributed by atoms with Crippen LogP contribution in [-0.2, 0) is 12.4 Å². The zero-order valence-corrected chi connectivity index (χ0v) is 13.6. The molecule has 8 nitrogen and oxygen atoms in total. The Kier molecular flexibility index (Phi) is 5.12. The van der Waals surface area contributed by atoms with Gasteiger partial charge in [-0.25, -0.2) is 0 Å². The lowest BCUT2D eigenvalue weighted by Crippen LogP contribution is -2.24. The number of nitro groups is 2. The smallest absolute Gasteiger partial charge is 0.270 e. The number of benzene rings is 1. The SMILES string of the molecule is O=c1c([N+](=O)[O-])cc(C(F)(F)F)cn1-c1c(Cl)cc(C(F)(F)F)cc1[N+](=O)[O-]. The van der Waals surface area contributed by atoms with Crippen molar-refractivity contribution in [2.45, 2.75) is 12.4 Å². The summed E-state index contributed by atoms with van der Waals surface area (Å²) in [5.74, 6) is 0. The minimum atomic E-state index is -5.21. The van der Waals surface area contributed by atoms with Gasteiger partial charge in [-0.15, -0.1) is 0 Å². The van der Waals surface area contributed by atoms with Crippen LogP contribution in [0.4, 0.5) is 37.7 Å². The van der Waals surface area contributed by atoms with Gasteiger partial charge in [-0.05, 0) is 6.07 Å². The Balaban J connectivity index is 2.99. The average molecular weight is 432 g/mol. The molecular weight excluding hydrogens is 428 g/mol. The third kappa shape index (κ3) is 3.90. The Labute approximate surface area is 153 Å². The van der Waals surface area contributed by atoms with Crippen molar-refractivity contribution < 1.29 is 36.2 Å². The maximum Gasteiger partial charge on any atom is 0.418 e. The molecule has 0 aliphatic rings. The fourth-order valence-corrected chi connectivity index (χ4v) is 2.45. The fourth-order valence-electron chi connectivity index (χ4n) is 2.15. The van der Waals surface area contributed by atoms with Crippen LogP contribution < -0.4 is 5.56 Å². The molecule has 2 rings (SSSR count). The van der Waals surface area contributed by atoms with Gasteiger partial charge in [0, 0.05) is 18.3 Å². The van der Waals surface area contributed by atoms with Crippen molar-refractivity contribution in [3.05, 3.63) is 71.1 Å². The van der Waals surface area contributed by atoms with E-state index < -0.39 is 61.0 Å². The number of hydrogen-bond acceptors (Lipinski definition) is 5. The van der Waals surface area contributed by atoms with Crippen LogP contribution in [0.5, 0.6) is 0 Å². The molecule has 0 bridgehead atoms. The summed E-state index contributed by atoms with van der Waals surface area (Å²) in [4.78, 5) is 31.3. The van der Waals surface area contributed by atoms with Crippen molar-refractivity contribution in [1.29, 1.82) is 0 Å². The number of halogens is 7. The van der Waals surface area contributed by atoms with Crippen LogP contribution in [0.1, 0.15) is 11.1 Å². The van der Waals surface area contributed by atoms with Gasteiger partial charge in [-0.3, -0.25) is 29.6 Å².